The van der Waals surface area contributed by atoms with E-state index in [4.69, 9.17) is 0 Å². The number of carbonyl (C=O) groups is 1. The molecule has 3 fully saturated rings. The van der Waals surface area contributed by atoms with Gasteiger partial charge in [0.2, 0.25) is 0 Å². The predicted molar refractivity (Wildman–Crippen MR) is 125 cm³/mol. The quantitative estimate of drug-likeness (QED) is 0.427. The lowest BCUT2D eigenvalue weighted by atomic mass is 9.46. The van der Waals surface area contributed by atoms with Crippen LogP contribution in [-0.4, -0.2) is 60.8 Å². The Kier molecular flexibility index (Phi) is 6.23. The summed E-state index contributed by atoms with van der Waals surface area (Å²) in [6.07, 6.45) is 4.06. The van der Waals surface area contributed by atoms with Crippen molar-refractivity contribution >= 4 is 5.78 Å². The van der Waals surface area contributed by atoms with Gasteiger partial charge in [0.25, 0.3) is 0 Å². The molecule has 0 aromatic heterocycles. The fourth-order valence-corrected chi connectivity index (χ4v) is 8.29. The summed E-state index contributed by atoms with van der Waals surface area (Å²) < 4.78 is 0. The van der Waals surface area contributed by atoms with Crippen molar-refractivity contribution in [3.63, 3.8) is 0 Å². The first-order valence-corrected chi connectivity index (χ1v) is 12.9. The van der Waals surface area contributed by atoms with E-state index in [2.05, 4.69) is 20.8 Å². The van der Waals surface area contributed by atoms with Crippen LogP contribution in [0, 0.1) is 34.5 Å². The van der Waals surface area contributed by atoms with Crippen molar-refractivity contribution < 1.29 is 30.3 Å². The predicted octanol–water partition coefficient (Wildman–Crippen LogP) is 2.74. The molecule has 4 aliphatic carbocycles. The SMILES string of the molecule is C[C@H]([C@@H](O)CCC(C)(C)O)[C@@H]1CC[C@]2(O)C3=CC(=O)[C@@H]4C[C@H](O)[C@@H](O)C[C@@]4(C)[C@@H]3CC[C@@]12C. The van der Waals surface area contributed by atoms with Gasteiger partial charge in [0.1, 0.15) is 0 Å². The van der Waals surface area contributed by atoms with Gasteiger partial charge in [-0.05, 0) is 100 Å². The summed E-state index contributed by atoms with van der Waals surface area (Å²) in [6, 6.07) is 0. The minimum absolute atomic E-state index is 0.00888. The molecule has 33 heavy (non-hydrogen) atoms. The summed E-state index contributed by atoms with van der Waals surface area (Å²) in [5.41, 5.74) is -2.01. The van der Waals surface area contributed by atoms with Crippen LogP contribution in [-0.2, 0) is 4.79 Å². The molecule has 10 atom stereocenters. The lowest BCUT2D eigenvalue weighted by Crippen LogP contribution is -2.61. The minimum Gasteiger partial charge on any atom is -0.393 e. The van der Waals surface area contributed by atoms with Crippen molar-refractivity contribution in [3.8, 4) is 0 Å². The summed E-state index contributed by atoms with van der Waals surface area (Å²) >= 11 is 0. The number of aliphatic hydroxyl groups excluding tert-OH is 3. The highest BCUT2D eigenvalue weighted by Crippen LogP contribution is 2.68. The standard InChI is InChI=1S/C27H44O6/c1-15(20(28)8-9-24(2,3)32)16-7-11-27(33)18-12-21(29)19-13-22(30)23(31)14-25(19,4)17(18)6-10-26(16,27)5/h12,15-17,19-20,22-23,28,30-33H,6-11,13-14H2,1-5H3/t15-,16-,17+,19-,20-,22-,23-,25-,26-,27-/m0/s1. The zero-order valence-corrected chi connectivity index (χ0v) is 20.9. The first-order valence-electron chi connectivity index (χ1n) is 12.9. The van der Waals surface area contributed by atoms with Crippen molar-refractivity contribution in [1.29, 1.82) is 0 Å². The van der Waals surface area contributed by atoms with Crippen LogP contribution in [0.4, 0.5) is 0 Å². The number of hydrogen-bond donors (Lipinski definition) is 5. The maximum atomic E-state index is 13.2. The maximum absolute atomic E-state index is 13.2. The summed E-state index contributed by atoms with van der Waals surface area (Å²) in [5.74, 6) is -0.264. The van der Waals surface area contributed by atoms with Crippen molar-refractivity contribution in [2.75, 3.05) is 0 Å². The van der Waals surface area contributed by atoms with Gasteiger partial charge in [0.05, 0.1) is 29.5 Å². The Morgan fingerprint density at radius 1 is 1.12 bits per heavy atom. The van der Waals surface area contributed by atoms with Gasteiger partial charge in [0.15, 0.2) is 5.78 Å². The molecule has 0 unspecified atom stereocenters. The molecule has 4 rings (SSSR count). The van der Waals surface area contributed by atoms with Crippen LogP contribution in [0.2, 0.25) is 0 Å². The zero-order chi connectivity index (χ0) is 24.6. The Morgan fingerprint density at radius 3 is 2.42 bits per heavy atom. The van der Waals surface area contributed by atoms with Crippen LogP contribution >= 0.6 is 0 Å². The highest BCUT2D eigenvalue weighted by atomic mass is 16.3. The summed E-state index contributed by atoms with van der Waals surface area (Å²) in [4.78, 5) is 13.2. The monoisotopic (exact) mass is 464 g/mol. The first kappa shape index (κ1) is 25.3. The number of allylic oxidation sites excluding steroid dienone is 1. The Bertz CT molecular complexity index is 816. The molecule has 0 saturated heterocycles. The van der Waals surface area contributed by atoms with Gasteiger partial charge in [-0.2, -0.15) is 0 Å². The van der Waals surface area contributed by atoms with Crippen molar-refractivity contribution in [2.45, 2.75) is 115 Å². The average Bonchev–Trinajstić information content (AvgIpc) is 2.99. The Hall–Kier alpha value is -0.790. The van der Waals surface area contributed by atoms with Crippen molar-refractivity contribution in [1.82, 2.24) is 0 Å². The van der Waals surface area contributed by atoms with Crippen LogP contribution < -0.4 is 0 Å². The maximum Gasteiger partial charge on any atom is 0.159 e. The van der Waals surface area contributed by atoms with E-state index in [1.165, 1.54) is 0 Å². The molecule has 0 radical (unpaired) electrons. The molecule has 0 amide bonds. The van der Waals surface area contributed by atoms with E-state index in [1.54, 1.807) is 19.9 Å². The second-order valence-electron chi connectivity index (χ2n) is 12.9. The van der Waals surface area contributed by atoms with Crippen LogP contribution in [0.15, 0.2) is 11.6 Å². The van der Waals surface area contributed by atoms with Crippen LogP contribution in [0.1, 0.15) is 86.0 Å². The van der Waals surface area contributed by atoms with E-state index in [0.29, 0.717) is 25.7 Å². The Balaban J connectivity index is 1.62. The number of ketones is 1. The Labute approximate surface area is 198 Å². The van der Waals surface area contributed by atoms with Crippen LogP contribution in [0.3, 0.4) is 0 Å². The van der Waals surface area contributed by atoms with Gasteiger partial charge in [-0.15, -0.1) is 0 Å². The van der Waals surface area contributed by atoms with E-state index >= 15 is 0 Å². The minimum atomic E-state index is -1.10. The lowest BCUT2D eigenvalue weighted by molar-refractivity contribution is -0.154. The highest BCUT2D eigenvalue weighted by molar-refractivity contribution is 5.95. The second kappa shape index (κ2) is 8.12. The van der Waals surface area contributed by atoms with Crippen molar-refractivity contribution in [3.05, 3.63) is 11.6 Å². The number of aliphatic hydroxyl groups is 5. The van der Waals surface area contributed by atoms with Gasteiger partial charge in [0, 0.05) is 11.3 Å². The fraction of sp³-hybridized carbons (Fsp3) is 0.889. The van der Waals surface area contributed by atoms with E-state index in [-0.39, 0.29) is 35.9 Å². The molecule has 0 aromatic carbocycles. The van der Waals surface area contributed by atoms with Crippen LogP contribution in [0.5, 0.6) is 0 Å². The summed E-state index contributed by atoms with van der Waals surface area (Å²) in [5, 5.41) is 53.9. The fourth-order valence-electron chi connectivity index (χ4n) is 8.29. The van der Waals surface area contributed by atoms with Crippen LogP contribution in [0.25, 0.3) is 0 Å². The normalized spacial score (nSPS) is 47.3. The van der Waals surface area contributed by atoms with Crippen molar-refractivity contribution in [2.24, 2.45) is 34.5 Å². The topological polar surface area (TPSA) is 118 Å². The molecule has 0 heterocycles. The molecule has 188 valence electrons. The van der Waals surface area contributed by atoms with Gasteiger partial charge >= 0.3 is 0 Å². The van der Waals surface area contributed by atoms with Gasteiger partial charge in [-0.1, -0.05) is 20.8 Å². The third kappa shape index (κ3) is 3.85. The molecule has 6 nitrogen and oxygen atoms in total. The second-order valence-corrected chi connectivity index (χ2v) is 12.9. The smallest absolute Gasteiger partial charge is 0.159 e. The van der Waals surface area contributed by atoms with E-state index < -0.39 is 40.3 Å². The number of rotatable bonds is 5. The summed E-state index contributed by atoms with van der Waals surface area (Å²) in [6.45, 7) is 9.74. The van der Waals surface area contributed by atoms with E-state index in [0.717, 1.165) is 24.8 Å². The molecule has 5 N–H and O–H groups in total. The Morgan fingerprint density at radius 2 is 1.79 bits per heavy atom. The zero-order valence-electron chi connectivity index (χ0n) is 20.9. The molecule has 3 saturated carbocycles. The van der Waals surface area contributed by atoms with Gasteiger partial charge < -0.3 is 25.5 Å². The summed E-state index contributed by atoms with van der Waals surface area (Å²) in [7, 11) is 0. The molecular formula is C27H44O6. The number of hydrogen-bond acceptors (Lipinski definition) is 6. The molecule has 0 aliphatic heterocycles. The third-order valence-electron chi connectivity index (χ3n) is 10.5. The number of carbonyl (C=O) groups excluding carboxylic acids is 1. The van der Waals surface area contributed by atoms with E-state index in [9.17, 15) is 30.3 Å². The molecule has 6 heteroatoms. The number of fused-ring (bicyclic) bond motifs is 5. The van der Waals surface area contributed by atoms with E-state index in [1.807, 2.05) is 0 Å². The molecule has 0 spiro atoms. The molecule has 0 aromatic rings. The molecular weight excluding hydrogens is 420 g/mol. The lowest BCUT2D eigenvalue weighted by Gasteiger charge is -2.60. The average molecular weight is 465 g/mol. The largest absolute Gasteiger partial charge is 0.393 e. The van der Waals surface area contributed by atoms with Gasteiger partial charge in [-0.25, -0.2) is 0 Å². The molecule has 4 aliphatic rings. The van der Waals surface area contributed by atoms with Gasteiger partial charge in [-0.3, -0.25) is 4.79 Å². The third-order valence-corrected chi connectivity index (χ3v) is 10.5. The highest BCUT2D eigenvalue weighted by Gasteiger charge is 2.67. The molecule has 0 bridgehead atoms. The first-order chi connectivity index (χ1) is 15.1.